The zero-order valence-corrected chi connectivity index (χ0v) is 11.2. The Morgan fingerprint density at radius 2 is 1.88 bits per heavy atom. The summed E-state index contributed by atoms with van der Waals surface area (Å²) >= 11 is 0. The Labute approximate surface area is 103 Å². The summed E-state index contributed by atoms with van der Waals surface area (Å²) in [5.41, 5.74) is 6.38. The van der Waals surface area contributed by atoms with E-state index in [9.17, 15) is 4.79 Å². The lowest BCUT2D eigenvalue weighted by Gasteiger charge is -2.36. The molecule has 0 fully saturated rings. The summed E-state index contributed by atoms with van der Waals surface area (Å²) in [6.45, 7) is 9.27. The van der Waals surface area contributed by atoms with Gasteiger partial charge >= 0.3 is 0 Å². The van der Waals surface area contributed by atoms with Crippen LogP contribution in [0.15, 0.2) is 18.3 Å². The van der Waals surface area contributed by atoms with Gasteiger partial charge in [-0.3, -0.25) is 9.78 Å². The molecule has 1 rings (SSSR count). The van der Waals surface area contributed by atoms with Gasteiger partial charge in [-0.1, -0.05) is 0 Å². The first kappa shape index (κ1) is 13.6. The fraction of sp³-hybridized carbons (Fsp3) is 0.538. The molecule has 3 N–H and O–H groups in total. The van der Waals surface area contributed by atoms with Crippen LogP contribution in [0.5, 0.6) is 0 Å². The van der Waals surface area contributed by atoms with E-state index < -0.39 is 11.0 Å². The van der Waals surface area contributed by atoms with E-state index in [1.54, 1.807) is 6.20 Å². The minimum absolute atomic E-state index is 0.101. The summed E-state index contributed by atoms with van der Waals surface area (Å²) in [4.78, 5) is 16.3. The minimum atomic E-state index is -0.655. The van der Waals surface area contributed by atoms with E-state index in [-0.39, 0.29) is 5.91 Å². The molecule has 17 heavy (non-hydrogen) atoms. The van der Waals surface area contributed by atoms with E-state index in [1.807, 2.05) is 46.8 Å². The zero-order valence-electron chi connectivity index (χ0n) is 11.2. The van der Waals surface area contributed by atoms with Crippen LogP contribution in [0.25, 0.3) is 0 Å². The first-order valence-electron chi connectivity index (χ1n) is 5.67. The van der Waals surface area contributed by atoms with Gasteiger partial charge in [0.05, 0.1) is 17.3 Å². The van der Waals surface area contributed by atoms with Crippen molar-refractivity contribution >= 4 is 11.6 Å². The van der Waals surface area contributed by atoms with E-state index in [0.29, 0.717) is 5.69 Å². The number of nitrogens with zero attached hydrogens (tertiary/aromatic N) is 1. The van der Waals surface area contributed by atoms with E-state index >= 15 is 0 Å². The van der Waals surface area contributed by atoms with E-state index in [2.05, 4.69) is 10.3 Å². The number of carbonyl (C=O) groups excluding carboxylic acids is 1. The molecule has 1 aromatic rings. The predicted molar refractivity (Wildman–Crippen MR) is 69.7 cm³/mol. The van der Waals surface area contributed by atoms with Gasteiger partial charge in [0.1, 0.15) is 0 Å². The Kier molecular flexibility index (Phi) is 3.57. The number of aryl methyl sites for hydroxylation is 1. The number of nitrogens with two attached hydrogens (primary N) is 1. The maximum atomic E-state index is 12.1. The van der Waals surface area contributed by atoms with Crippen LogP contribution in [0.1, 0.15) is 33.4 Å². The molecule has 0 bridgehead atoms. The highest BCUT2D eigenvalue weighted by molar-refractivity contribution is 5.95. The van der Waals surface area contributed by atoms with Gasteiger partial charge in [-0.05, 0) is 46.8 Å². The van der Waals surface area contributed by atoms with Gasteiger partial charge in [0.25, 0.3) is 0 Å². The van der Waals surface area contributed by atoms with Gasteiger partial charge < -0.3 is 11.1 Å². The lowest BCUT2D eigenvalue weighted by atomic mass is 9.74. The standard InChI is InChI=1S/C13H21N3O/c1-9-6-7-10(8-15-9)16-11(17)12(2,3)13(4,5)14/h6-8H,14H2,1-5H3,(H,16,17). The molecule has 0 aromatic carbocycles. The van der Waals surface area contributed by atoms with Crippen LogP contribution >= 0.6 is 0 Å². The second-order valence-electron chi connectivity index (χ2n) is 5.49. The molecule has 0 radical (unpaired) electrons. The lowest BCUT2D eigenvalue weighted by Crippen LogP contribution is -2.53. The van der Waals surface area contributed by atoms with Gasteiger partial charge in [-0.25, -0.2) is 0 Å². The number of aromatic nitrogens is 1. The molecular formula is C13H21N3O. The van der Waals surface area contributed by atoms with Crippen molar-refractivity contribution in [3.63, 3.8) is 0 Å². The molecule has 0 spiro atoms. The number of rotatable bonds is 3. The smallest absolute Gasteiger partial charge is 0.231 e. The molecule has 0 unspecified atom stereocenters. The third kappa shape index (κ3) is 3.03. The average molecular weight is 235 g/mol. The molecule has 0 atom stereocenters. The normalized spacial score (nSPS) is 12.4. The topological polar surface area (TPSA) is 68.0 Å². The van der Waals surface area contributed by atoms with Crippen LogP contribution in [0.4, 0.5) is 5.69 Å². The fourth-order valence-corrected chi connectivity index (χ4v) is 1.12. The number of nitrogens with one attached hydrogen (secondary N) is 1. The maximum Gasteiger partial charge on any atom is 0.231 e. The molecule has 1 heterocycles. The zero-order chi connectivity index (χ0) is 13.3. The average Bonchev–Trinajstić information content (AvgIpc) is 2.19. The molecule has 1 aromatic heterocycles. The van der Waals surface area contributed by atoms with E-state index in [1.165, 1.54) is 0 Å². The van der Waals surface area contributed by atoms with Crippen molar-refractivity contribution in [1.29, 1.82) is 0 Å². The molecule has 94 valence electrons. The first-order chi connectivity index (χ1) is 7.64. The van der Waals surface area contributed by atoms with Crippen molar-refractivity contribution < 1.29 is 4.79 Å². The molecule has 0 aliphatic rings. The third-order valence-electron chi connectivity index (χ3n) is 3.35. The fourth-order valence-electron chi connectivity index (χ4n) is 1.12. The van der Waals surface area contributed by atoms with Gasteiger partial charge in [0, 0.05) is 11.2 Å². The number of carbonyl (C=O) groups is 1. The van der Waals surface area contributed by atoms with Crippen molar-refractivity contribution in [1.82, 2.24) is 4.98 Å². The molecule has 4 nitrogen and oxygen atoms in total. The Morgan fingerprint density at radius 1 is 1.29 bits per heavy atom. The van der Waals surface area contributed by atoms with Crippen molar-refractivity contribution in [3.8, 4) is 0 Å². The summed E-state index contributed by atoms with van der Waals surface area (Å²) in [5, 5.41) is 2.83. The second-order valence-corrected chi connectivity index (χ2v) is 5.49. The van der Waals surface area contributed by atoms with Crippen LogP contribution in [-0.2, 0) is 4.79 Å². The van der Waals surface area contributed by atoms with Gasteiger partial charge in [-0.15, -0.1) is 0 Å². The summed E-state index contributed by atoms with van der Waals surface area (Å²) in [5.74, 6) is -0.101. The van der Waals surface area contributed by atoms with Crippen LogP contribution in [-0.4, -0.2) is 16.4 Å². The molecular weight excluding hydrogens is 214 g/mol. The summed E-state index contributed by atoms with van der Waals surface area (Å²) in [7, 11) is 0. The van der Waals surface area contributed by atoms with Crippen LogP contribution in [0.2, 0.25) is 0 Å². The van der Waals surface area contributed by atoms with Gasteiger partial charge in [0.15, 0.2) is 0 Å². The van der Waals surface area contributed by atoms with Crippen LogP contribution in [0.3, 0.4) is 0 Å². The monoisotopic (exact) mass is 235 g/mol. The molecule has 1 amide bonds. The molecule has 0 aliphatic heterocycles. The Hall–Kier alpha value is -1.42. The highest BCUT2D eigenvalue weighted by atomic mass is 16.2. The molecule has 4 heteroatoms. The summed E-state index contributed by atoms with van der Waals surface area (Å²) < 4.78 is 0. The minimum Gasteiger partial charge on any atom is -0.325 e. The maximum absolute atomic E-state index is 12.1. The number of hydrogen-bond acceptors (Lipinski definition) is 3. The highest BCUT2D eigenvalue weighted by Crippen LogP contribution is 2.29. The number of hydrogen-bond donors (Lipinski definition) is 2. The number of amides is 1. The second kappa shape index (κ2) is 4.45. The molecule has 0 saturated heterocycles. The van der Waals surface area contributed by atoms with Crippen LogP contribution < -0.4 is 11.1 Å². The van der Waals surface area contributed by atoms with Crippen molar-refractivity contribution in [3.05, 3.63) is 24.0 Å². The first-order valence-corrected chi connectivity index (χ1v) is 5.67. The number of pyridine rings is 1. The van der Waals surface area contributed by atoms with Gasteiger partial charge in [0.2, 0.25) is 5.91 Å². The van der Waals surface area contributed by atoms with E-state index in [4.69, 9.17) is 5.73 Å². The third-order valence-corrected chi connectivity index (χ3v) is 3.35. The largest absolute Gasteiger partial charge is 0.325 e. The molecule has 0 aliphatic carbocycles. The SMILES string of the molecule is Cc1ccc(NC(=O)C(C)(C)C(C)(C)N)cn1. The van der Waals surface area contributed by atoms with Crippen molar-refractivity contribution in [2.45, 2.75) is 40.2 Å². The van der Waals surface area contributed by atoms with E-state index in [0.717, 1.165) is 5.69 Å². The van der Waals surface area contributed by atoms with Crippen molar-refractivity contribution in [2.75, 3.05) is 5.32 Å². The number of anilines is 1. The lowest BCUT2D eigenvalue weighted by molar-refractivity contribution is -0.126. The Bertz CT molecular complexity index is 402. The quantitative estimate of drug-likeness (QED) is 0.843. The Morgan fingerprint density at radius 3 is 2.29 bits per heavy atom. The van der Waals surface area contributed by atoms with Crippen molar-refractivity contribution in [2.24, 2.45) is 11.1 Å². The highest BCUT2D eigenvalue weighted by Gasteiger charge is 2.40. The Balaban J connectivity index is 2.83. The predicted octanol–water partition coefficient (Wildman–Crippen LogP) is 2.09. The van der Waals surface area contributed by atoms with Gasteiger partial charge in [-0.2, -0.15) is 0 Å². The summed E-state index contributed by atoms with van der Waals surface area (Å²) in [6.07, 6.45) is 1.65. The summed E-state index contributed by atoms with van der Waals surface area (Å²) in [6, 6.07) is 3.69. The van der Waals surface area contributed by atoms with Crippen LogP contribution in [0, 0.1) is 12.3 Å². The molecule has 0 saturated carbocycles.